The van der Waals surface area contributed by atoms with Gasteiger partial charge in [0.25, 0.3) is 0 Å². The Bertz CT molecular complexity index is 8.49. The Kier molecular flexibility index (Phi) is 34300. The minimum absolute atomic E-state index is 0. The molecule has 0 aromatic carbocycles. The van der Waals surface area contributed by atoms with Gasteiger partial charge >= 0.3 is 16.5 Å². The summed E-state index contributed by atoms with van der Waals surface area (Å²) in [6.07, 6.45) is 0. The molecule has 0 atom stereocenters. The van der Waals surface area contributed by atoms with Gasteiger partial charge in [0.05, 0.1) is 0 Å². The molecular weight excluding hydrogens is 339 g/mol. The summed E-state index contributed by atoms with van der Waals surface area (Å²) in [7, 11) is 0. The van der Waals surface area contributed by atoms with Crippen LogP contribution in [0.2, 0.25) is 0 Å². The van der Waals surface area contributed by atoms with Crippen molar-refractivity contribution >= 4 is 0 Å². The molecule has 0 fully saturated rings. The summed E-state index contributed by atoms with van der Waals surface area (Å²) in [6, 6.07) is 0. The summed E-state index contributed by atoms with van der Waals surface area (Å²) in [6.45, 7) is 0. The van der Waals surface area contributed by atoms with Gasteiger partial charge in [0.15, 0.2) is 0 Å². The Morgan fingerprint density at radius 3 is 0.375 bits per heavy atom. The second kappa shape index (κ2) is 431. The zero-order valence-electron chi connectivity index (χ0n) is 3.41. The van der Waals surface area contributed by atoms with E-state index in [-0.39, 0.29) is 70.4 Å². The summed E-state index contributed by atoms with van der Waals surface area (Å²) in [4.78, 5) is 0. The summed E-state index contributed by atoms with van der Waals surface area (Å²) >= 11 is 0. The smallest absolute Gasteiger partial charge is 0.870 e. The van der Waals surface area contributed by atoms with Gasteiger partial charge in [-0.2, -0.15) is 0 Å². The van der Waals surface area contributed by atoms with E-state index in [9.17, 15) is 0 Å². The van der Waals surface area contributed by atoms with Gasteiger partial charge in [-0.1, -0.05) is 0 Å². The van der Waals surface area contributed by atoms with E-state index in [2.05, 4.69) is 0 Å². The van der Waals surface area contributed by atoms with Crippen LogP contribution >= 0.6 is 0 Å². The van der Waals surface area contributed by atoms with E-state index in [1.807, 2.05) is 0 Å². The Balaban J connectivity index is 0. The molecule has 62 valence electrons. The van der Waals surface area contributed by atoms with E-state index >= 15 is 0 Å². The maximum absolute atomic E-state index is 0. The van der Waals surface area contributed by atoms with Crippen LogP contribution in [0.15, 0.2) is 0 Å². The van der Waals surface area contributed by atoms with Crippen molar-refractivity contribution in [2.75, 3.05) is 0 Å². The summed E-state index contributed by atoms with van der Waals surface area (Å²) in [5, 5.41) is 0. The van der Waals surface area contributed by atoms with Crippen LogP contribution in [0.25, 0.3) is 0 Å². The van der Waals surface area contributed by atoms with E-state index < -0.39 is 0 Å². The van der Waals surface area contributed by atoms with Gasteiger partial charge in [-0.25, -0.2) is 0 Å². The fraction of sp³-hybridized carbons (Fsp3) is 0. The van der Waals surface area contributed by atoms with E-state index in [4.69, 9.17) is 0 Å². The molecule has 0 radical (unpaired) electrons. The molecule has 0 heterocycles. The average molecular weight is 345 g/mol. The van der Waals surface area contributed by atoms with Crippen LogP contribution in [0, 0.1) is 0 Å². The normalized spacial score (nSPS) is 0. The Morgan fingerprint density at radius 2 is 0.375 bits per heavy atom. The fourth-order valence-electron chi connectivity index (χ4n) is 0. The van der Waals surface area contributed by atoms with Crippen molar-refractivity contribution in [1.29, 1.82) is 0 Å². The average Bonchev–Trinajstić information content (AvgIpc) is 0. The molecule has 0 rings (SSSR count). The molecular formula is H6NiO6W-4. The second-order valence-electron chi connectivity index (χ2n) is 0. The molecule has 0 aliphatic carbocycles. The van der Waals surface area contributed by atoms with Crippen LogP contribution in [0.1, 0.15) is 0 Å². The van der Waals surface area contributed by atoms with Gasteiger partial charge in [-0.05, 0) is 0 Å². The van der Waals surface area contributed by atoms with Crippen molar-refractivity contribution in [1.82, 2.24) is 0 Å². The molecule has 0 unspecified atom stereocenters. The van der Waals surface area contributed by atoms with Crippen molar-refractivity contribution < 1.29 is 70.4 Å². The monoisotopic (exact) mass is 344 g/mol. The first-order valence-electron chi connectivity index (χ1n) is 0. The van der Waals surface area contributed by atoms with Crippen LogP contribution in [0.4, 0.5) is 0 Å². The molecule has 0 spiro atoms. The SMILES string of the molecule is [Ni+2].[OH-].[OH-].[OH-].[OH-].[OH-].[OH-].[W]. The Morgan fingerprint density at radius 1 is 0.375 bits per heavy atom. The van der Waals surface area contributed by atoms with Crippen LogP contribution in [-0.2, 0) is 37.6 Å². The summed E-state index contributed by atoms with van der Waals surface area (Å²) in [5.41, 5.74) is 0. The molecule has 6 N–H and O–H groups in total. The molecule has 0 aromatic heterocycles. The molecule has 0 aliphatic rings. The van der Waals surface area contributed by atoms with Crippen molar-refractivity contribution in [2.24, 2.45) is 0 Å². The summed E-state index contributed by atoms with van der Waals surface area (Å²) in [5.74, 6) is 0. The first-order chi connectivity index (χ1) is 0. The van der Waals surface area contributed by atoms with Gasteiger partial charge in [-0.15, -0.1) is 0 Å². The number of hydrogen-bond donors (Lipinski definition) is 0. The molecule has 0 aromatic rings. The van der Waals surface area contributed by atoms with Crippen molar-refractivity contribution in [3.63, 3.8) is 0 Å². The molecule has 0 saturated carbocycles. The van der Waals surface area contributed by atoms with Crippen LogP contribution in [0.3, 0.4) is 0 Å². The van der Waals surface area contributed by atoms with E-state index in [1.165, 1.54) is 0 Å². The number of rotatable bonds is 0. The minimum atomic E-state index is 0. The minimum Gasteiger partial charge on any atom is -0.870 e. The third kappa shape index (κ3) is 276. The van der Waals surface area contributed by atoms with E-state index in [0.717, 1.165) is 0 Å². The van der Waals surface area contributed by atoms with Gasteiger partial charge in [0, 0.05) is 21.1 Å². The van der Waals surface area contributed by atoms with Crippen LogP contribution < -0.4 is 0 Å². The Labute approximate surface area is 70.7 Å². The molecule has 6 nitrogen and oxygen atoms in total. The fourth-order valence-corrected chi connectivity index (χ4v) is 0. The third-order valence-electron chi connectivity index (χ3n) is 0. The predicted octanol–water partition coefficient (Wildman–Crippen LogP) is -1.07. The molecule has 0 amide bonds. The first kappa shape index (κ1) is 636. The molecule has 8 heteroatoms. The topological polar surface area (TPSA) is 180 Å². The molecule has 8 heavy (non-hydrogen) atoms. The Hall–Kier alpha value is 0.942. The zero-order chi connectivity index (χ0) is 0. The van der Waals surface area contributed by atoms with E-state index in [1.54, 1.807) is 0 Å². The standard InChI is InChI=1S/Ni.6H2O.W/h;6*1H2;/q+2;;;;;;;/p-6. The molecule has 0 aliphatic heterocycles. The van der Waals surface area contributed by atoms with Crippen LogP contribution in [-0.4, -0.2) is 32.9 Å². The maximum Gasteiger partial charge on any atom is 2.00 e. The summed E-state index contributed by atoms with van der Waals surface area (Å²) < 4.78 is 0. The zero-order valence-corrected chi connectivity index (χ0v) is 7.33. The van der Waals surface area contributed by atoms with Crippen molar-refractivity contribution in [3.05, 3.63) is 0 Å². The third-order valence-corrected chi connectivity index (χ3v) is 0. The number of hydrogen-bond acceptors (Lipinski definition) is 6. The van der Waals surface area contributed by atoms with Crippen LogP contribution in [0.5, 0.6) is 0 Å². The van der Waals surface area contributed by atoms with Crippen molar-refractivity contribution in [2.45, 2.75) is 0 Å². The van der Waals surface area contributed by atoms with Gasteiger partial charge in [0.1, 0.15) is 0 Å². The molecule has 0 saturated heterocycles. The van der Waals surface area contributed by atoms with E-state index in [0.29, 0.717) is 0 Å². The molecule has 0 bridgehead atoms. The van der Waals surface area contributed by atoms with Gasteiger partial charge < -0.3 is 32.9 Å². The van der Waals surface area contributed by atoms with Gasteiger partial charge in [-0.3, -0.25) is 0 Å². The van der Waals surface area contributed by atoms with Crippen molar-refractivity contribution in [3.8, 4) is 0 Å². The predicted molar refractivity (Wildman–Crippen MR) is 11.6 cm³/mol. The first-order valence-corrected chi connectivity index (χ1v) is 0. The quantitative estimate of drug-likeness (QED) is 0.504. The largest absolute Gasteiger partial charge is 2.00 e. The van der Waals surface area contributed by atoms with Gasteiger partial charge in [0.2, 0.25) is 0 Å². The second-order valence-corrected chi connectivity index (χ2v) is 0. The maximum atomic E-state index is 0.